The van der Waals surface area contributed by atoms with Gasteiger partial charge in [0, 0.05) is 51.0 Å². The maximum atomic E-state index is 12.4. The van der Waals surface area contributed by atoms with Crippen LogP contribution in [0.25, 0.3) is 0 Å². The van der Waals surface area contributed by atoms with Crippen LogP contribution in [0.4, 0.5) is 0 Å². The monoisotopic (exact) mass is 358 g/mol. The van der Waals surface area contributed by atoms with Gasteiger partial charge in [-0.2, -0.15) is 0 Å². The van der Waals surface area contributed by atoms with Crippen molar-refractivity contribution in [3.63, 3.8) is 0 Å². The molecule has 0 bridgehead atoms. The molecule has 2 atom stereocenters. The predicted octanol–water partition coefficient (Wildman–Crippen LogP) is 3.27. The largest absolute Gasteiger partial charge is 0.378 e. The molecule has 1 aliphatic carbocycles. The Hall–Kier alpha value is -1.23. The van der Waals surface area contributed by atoms with Gasteiger partial charge in [0.15, 0.2) is 0 Å². The van der Waals surface area contributed by atoms with Crippen molar-refractivity contribution in [3.8, 4) is 0 Å². The van der Waals surface area contributed by atoms with E-state index in [4.69, 9.17) is 0 Å². The van der Waals surface area contributed by atoms with Crippen LogP contribution in [-0.2, 0) is 4.79 Å². The van der Waals surface area contributed by atoms with E-state index in [-0.39, 0.29) is 5.92 Å². The van der Waals surface area contributed by atoms with Crippen LogP contribution in [-0.4, -0.2) is 59.6 Å². The minimum Gasteiger partial charge on any atom is -0.378 e. The molecule has 1 saturated heterocycles. The zero-order chi connectivity index (χ0) is 18.4. The van der Waals surface area contributed by atoms with E-state index in [9.17, 15) is 9.90 Å². The third-order valence-electron chi connectivity index (χ3n) is 6.29. The molecule has 1 aromatic rings. The van der Waals surface area contributed by atoms with Crippen LogP contribution in [0.3, 0.4) is 0 Å². The van der Waals surface area contributed by atoms with Crippen molar-refractivity contribution in [1.82, 2.24) is 9.80 Å². The molecule has 2 fully saturated rings. The zero-order valence-electron chi connectivity index (χ0n) is 16.1. The summed E-state index contributed by atoms with van der Waals surface area (Å²) in [5.74, 6) is 0.916. The molecular weight excluding hydrogens is 324 g/mol. The lowest BCUT2D eigenvalue weighted by Crippen LogP contribution is -2.52. The van der Waals surface area contributed by atoms with Gasteiger partial charge in [-0.05, 0) is 18.4 Å². The molecule has 4 nitrogen and oxygen atoms in total. The summed E-state index contributed by atoms with van der Waals surface area (Å²) in [6.07, 6.45) is 6.23. The second kappa shape index (κ2) is 9.63. The van der Waals surface area contributed by atoms with E-state index in [0.717, 1.165) is 45.6 Å². The van der Waals surface area contributed by atoms with Gasteiger partial charge in [-0.15, -0.1) is 0 Å². The fourth-order valence-electron chi connectivity index (χ4n) is 4.39. The zero-order valence-corrected chi connectivity index (χ0v) is 16.1. The summed E-state index contributed by atoms with van der Waals surface area (Å²) < 4.78 is 0. The van der Waals surface area contributed by atoms with Crippen molar-refractivity contribution in [1.29, 1.82) is 0 Å². The lowest BCUT2D eigenvalue weighted by atomic mass is 9.85. The Balaban J connectivity index is 1.40. The molecular formula is C22H34N2O2. The molecule has 0 spiro atoms. The third-order valence-corrected chi connectivity index (χ3v) is 6.29. The number of nitrogens with zero attached hydrogens (tertiary/aromatic N) is 2. The summed E-state index contributed by atoms with van der Waals surface area (Å²) in [4.78, 5) is 16.9. The van der Waals surface area contributed by atoms with E-state index in [1.165, 1.54) is 24.8 Å². The highest BCUT2D eigenvalue weighted by Gasteiger charge is 2.27. The van der Waals surface area contributed by atoms with Gasteiger partial charge in [0.05, 0.1) is 0 Å². The van der Waals surface area contributed by atoms with Crippen LogP contribution in [0.2, 0.25) is 0 Å². The summed E-state index contributed by atoms with van der Waals surface area (Å²) in [6.45, 7) is 6.60. The van der Waals surface area contributed by atoms with Gasteiger partial charge >= 0.3 is 0 Å². The number of hydrogen-bond acceptors (Lipinski definition) is 4. The topological polar surface area (TPSA) is 43.8 Å². The van der Waals surface area contributed by atoms with Crippen molar-refractivity contribution < 1.29 is 9.90 Å². The van der Waals surface area contributed by atoms with Crippen molar-refractivity contribution in [2.24, 2.45) is 5.92 Å². The Labute approximate surface area is 158 Å². The fraction of sp³-hybridized carbons (Fsp3) is 0.682. The van der Waals surface area contributed by atoms with Crippen molar-refractivity contribution >= 4 is 5.78 Å². The van der Waals surface area contributed by atoms with Crippen LogP contribution < -0.4 is 0 Å². The van der Waals surface area contributed by atoms with Crippen LogP contribution >= 0.6 is 0 Å². The second-order valence-electron chi connectivity index (χ2n) is 8.04. The molecule has 0 amide bonds. The third kappa shape index (κ3) is 5.15. The van der Waals surface area contributed by atoms with E-state index in [1.54, 1.807) is 0 Å². The number of carbonyl (C=O) groups excluding carboxylic acids is 1. The summed E-state index contributed by atoms with van der Waals surface area (Å²) in [6, 6.07) is 10.2. The van der Waals surface area contributed by atoms with Gasteiger partial charge in [-0.3, -0.25) is 9.69 Å². The van der Waals surface area contributed by atoms with Gasteiger partial charge in [0.25, 0.3) is 0 Å². The Morgan fingerprint density at radius 2 is 1.73 bits per heavy atom. The summed E-state index contributed by atoms with van der Waals surface area (Å²) in [5, 5.41) is 10.7. The average Bonchev–Trinajstić information content (AvgIpc) is 2.72. The molecule has 26 heavy (non-hydrogen) atoms. The number of carbonyl (C=O) groups is 1. The first-order valence-electron chi connectivity index (χ1n) is 10.4. The minimum atomic E-state index is -0.441. The van der Waals surface area contributed by atoms with Crippen molar-refractivity contribution in [2.75, 3.05) is 32.7 Å². The highest BCUT2D eigenvalue weighted by Crippen LogP contribution is 2.26. The molecule has 3 rings (SSSR count). The minimum absolute atomic E-state index is 0.107. The number of benzene rings is 1. The Morgan fingerprint density at radius 1 is 1.08 bits per heavy atom. The molecule has 1 aromatic carbocycles. The van der Waals surface area contributed by atoms with E-state index >= 15 is 0 Å². The van der Waals surface area contributed by atoms with Crippen molar-refractivity contribution in [3.05, 3.63) is 35.9 Å². The highest BCUT2D eigenvalue weighted by atomic mass is 16.3. The van der Waals surface area contributed by atoms with Crippen LogP contribution in [0.5, 0.6) is 0 Å². The van der Waals surface area contributed by atoms with Gasteiger partial charge < -0.3 is 10.0 Å². The number of rotatable bonds is 7. The normalized spacial score (nSPS) is 22.8. The fourth-order valence-corrected chi connectivity index (χ4v) is 4.39. The first kappa shape index (κ1) is 19.5. The molecule has 2 unspecified atom stereocenters. The Bertz CT molecular complexity index is 549. The standard InChI is InChI=1S/C22H34N2O2/c1-18(19-8-4-2-5-9-19)22(26)24-16-14-23(15-17-24)13-12-21(25)20-10-6-3-7-11-20/h2,4-5,8-9,18,20,22,26H,3,6-7,10-17H2,1H3. The summed E-state index contributed by atoms with van der Waals surface area (Å²) in [7, 11) is 0. The smallest absolute Gasteiger partial charge is 0.137 e. The molecule has 1 heterocycles. The van der Waals surface area contributed by atoms with Gasteiger partial charge in [-0.1, -0.05) is 56.5 Å². The van der Waals surface area contributed by atoms with E-state index in [2.05, 4.69) is 28.9 Å². The second-order valence-corrected chi connectivity index (χ2v) is 8.04. The molecule has 1 N–H and O–H groups in total. The molecule has 1 aliphatic heterocycles. The lowest BCUT2D eigenvalue weighted by molar-refractivity contribution is -0.124. The van der Waals surface area contributed by atoms with Gasteiger partial charge in [0.1, 0.15) is 12.0 Å². The van der Waals surface area contributed by atoms with E-state index in [1.807, 2.05) is 18.2 Å². The van der Waals surface area contributed by atoms with Crippen LogP contribution in [0.15, 0.2) is 30.3 Å². The van der Waals surface area contributed by atoms with Crippen LogP contribution in [0, 0.1) is 5.92 Å². The maximum Gasteiger partial charge on any atom is 0.137 e. The SMILES string of the molecule is CC(c1ccccc1)C(O)N1CCN(CCC(=O)C2CCCCC2)CC1. The highest BCUT2D eigenvalue weighted by molar-refractivity contribution is 5.81. The lowest BCUT2D eigenvalue weighted by Gasteiger charge is -2.39. The van der Waals surface area contributed by atoms with Gasteiger partial charge in [0.2, 0.25) is 0 Å². The maximum absolute atomic E-state index is 12.4. The van der Waals surface area contributed by atoms with Crippen molar-refractivity contribution in [2.45, 2.75) is 57.6 Å². The Morgan fingerprint density at radius 3 is 2.38 bits per heavy atom. The number of aliphatic hydroxyl groups is 1. The number of aliphatic hydroxyl groups excluding tert-OH is 1. The Kier molecular flexibility index (Phi) is 7.23. The first-order chi connectivity index (χ1) is 12.6. The summed E-state index contributed by atoms with van der Waals surface area (Å²) >= 11 is 0. The quantitative estimate of drug-likeness (QED) is 0.812. The first-order valence-corrected chi connectivity index (χ1v) is 10.4. The average molecular weight is 359 g/mol. The van der Waals surface area contributed by atoms with Crippen LogP contribution in [0.1, 0.15) is 56.9 Å². The molecule has 2 aliphatic rings. The predicted molar refractivity (Wildman–Crippen MR) is 105 cm³/mol. The molecule has 144 valence electrons. The number of Topliss-reactive ketones (excluding diaryl/α,β-unsaturated/α-hetero) is 1. The molecule has 4 heteroatoms. The molecule has 1 saturated carbocycles. The van der Waals surface area contributed by atoms with E-state index in [0.29, 0.717) is 18.1 Å². The number of piperazine rings is 1. The summed E-state index contributed by atoms with van der Waals surface area (Å²) in [5.41, 5.74) is 1.18. The number of hydrogen-bond donors (Lipinski definition) is 1. The van der Waals surface area contributed by atoms with E-state index < -0.39 is 6.23 Å². The van der Waals surface area contributed by atoms with Gasteiger partial charge in [-0.25, -0.2) is 0 Å². The number of ketones is 1. The molecule has 0 aromatic heterocycles. The molecule has 0 radical (unpaired) electrons.